The predicted octanol–water partition coefficient (Wildman–Crippen LogP) is 3.02. The summed E-state index contributed by atoms with van der Waals surface area (Å²) in [5, 5.41) is 2.99. The van der Waals surface area contributed by atoms with Crippen molar-refractivity contribution in [3.05, 3.63) is 39.8 Å². The van der Waals surface area contributed by atoms with Crippen LogP contribution in [0.2, 0.25) is 5.15 Å². The summed E-state index contributed by atoms with van der Waals surface area (Å²) in [6, 6.07) is 7.35. The van der Waals surface area contributed by atoms with Gasteiger partial charge in [-0.25, -0.2) is 4.98 Å². The minimum absolute atomic E-state index is 0.191. The maximum Gasteiger partial charge on any atom is 0.268 e. The number of carbonyl (C=O) groups excluding carboxylic acids is 2. The summed E-state index contributed by atoms with van der Waals surface area (Å²) in [6.45, 7) is 0. The quantitative estimate of drug-likeness (QED) is 0.791. The molecule has 0 saturated carbocycles. The number of benzene rings is 1. The number of thiazole rings is 1. The molecule has 0 atom stereocenters. The summed E-state index contributed by atoms with van der Waals surface area (Å²) >= 11 is 8.48. The highest BCUT2D eigenvalue weighted by Crippen LogP contribution is 2.28. The summed E-state index contributed by atoms with van der Waals surface area (Å²) in [4.78, 5) is 28.0. The largest absolute Gasteiger partial charge is 0.370 e. The van der Waals surface area contributed by atoms with E-state index in [0.717, 1.165) is 4.90 Å². The molecule has 0 radical (unpaired) electrons. The van der Waals surface area contributed by atoms with Crippen molar-refractivity contribution in [3.63, 3.8) is 0 Å². The lowest BCUT2D eigenvalue weighted by atomic mass is 10.3. The topological polar surface area (TPSA) is 85.1 Å². The standard InChI is InChI=1S/C13H12ClN3O2S2/c14-12-11(21-7-16-12)13(19)17-8-3-1-2-4-9(8)20-6-5-10(15)18/h1-4,7H,5-6H2,(H2,15,18)(H,17,19). The molecule has 2 rings (SSSR count). The van der Waals surface area contributed by atoms with Crippen LogP contribution in [0.5, 0.6) is 0 Å². The van der Waals surface area contributed by atoms with Crippen LogP contribution < -0.4 is 11.1 Å². The molecule has 2 amide bonds. The van der Waals surface area contributed by atoms with Crippen molar-refractivity contribution in [1.82, 2.24) is 4.98 Å². The molecule has 1 aromatic carbocycles. The number of nitrogens with zero attached hydrogens (tertiary/aromatic N) is 1. The lowest BCUT2D eigenvalue weighted by molar-refractivity contribution is -0.117. The van der Waals surface area contributed by atoms with Crippen LogP contribution in [0.25, 0.3) is 0 Å². The van der Waals surface area contributed by atoms with Crippen molar-refractivity contribution in [1.29, 1.82) is 0 Å². The molecule has 0 fully saturated rings. The molecule has 0 aliphatic rings. The fourth-order valence-corrected chi connectivity index (χ4v) is 3.39. The summed E-state index contributed by atoms with van der Waals surface area (Å²) in [6.07, 6.45) is 0.285. The van der Waals surface area contributed by atoms with Gasteiger partial charge in [-0.2, -0.15) is 0 Å². The van der Waals surface area contributed by atoms with Gasteiger partial charge < -0.3 is 11.1 Å². The number of anilines is 1. The number of aromatic nitrogens is 1. The van der Waals surface area contributed by atoms with E-state index < -0.39 is 0 Å². The lowest BCUT2D eigenvalue weighted by Crippen LogP contribution is -2.12. The van der Waals surface area contributed by atoms with Crippen LogP contribution in [-0.2, 0) is 4.79 Å². The third kappa shape index (κ3) is 4.45. The van der Waals surface area contributed by atoms with Crippen LogP contribution in [0.3, 0.4) is 0 Å². The zero-order chi connectivity index (χ0) is 15.2. The highest BCUT2D eigenvalue weighted by molar-refractivity contribution is 7.99. The number of nitrogens with two attached hydrogens (primary N) is 1. The van der Waals surface area contributed by atoms with Crippen molar-refractivity contribution in [2.75, 3.05) is 11.1 Å². The molecular formula is C13H12ClN3O2S2. The molecule has 0 unspecified atom stereocenters. The van der Waals surface area contributed by atoms with E-state index in [1.54, 1.807) is 6.07 Å². The molecule has 21 heavy (non-hydrogen) atoms. The number of thioether (sulfide) groups is 1. The third-order valence-corrected chi connectivity index (χ3v) is 4.77. The molecule has 2 aromatic rings. The Hall–Kier alpha value is -1.57. The first-order valence-electron chi connectivity index (χ1n) is 5.98. The Morgan fingerprint density at radius 1 is 1.38 bits per heavy atom. The van der Waals surface area contributed by atoms with E-state index in [1.807, 2.05) is 18.2 Å². The maximum atomic E-state index is 12.1. The number of hydrogen-bond acceptors (Lipinski definition) is 5. The monoisotopic (exact) mass is 341 g/mol. The van der Waals surface area contributed by atoms with Crippen LogP contribution in [0.1, 0.15) is 16.1 Å². The Labute approximate surface area is 134 Å². The van der Waals surface area contributed by atoms with Gasteiger partial charge in [0.25, 0.3) is 5.91 Å². The summed E-state index contributed by atoms with van der Waals surface area (Å²) < 4.78 is 0. The van der Waals surface area contributed by atoms with Crippen molar-refractivity contribution in [3.8, 4) is 0 Å². The van der Waals surface area contributed by atoms with Crippen LogP contribution in [0.15, 0.2) is 34.7 Å². The second kappa shape index (κ2) is 7.44. The third-order valence-electron chi connectivity index (χ3n) is 2.47. The SMILES string of the molecule is NC(=O)CCSc1ccccc1NC(=O)c1scnc1Cl. The zero-order valence-corrected chi connectivity index (χ0v) is 13.2. The van der Waals surface area contributed by atoms with Crippen LogP contribution >= 0.6 is 34.7 Å². The van der Waals surface area contributed by atoms with Crippen molar-refractivity contribution >= 4 is 52.2 Å². The van der Waals surface area contributed by atoms with Crippen molar-refractivity contribution in [2.24, 2.45) is 5.73 Å². The zero-order valence-electron chi connectivity index (χ0n) is 10.8. The molecule has 0 spiro atoms. The van der Waals surface area contributed by atoms with Crippen molar-refractivity contribution < 1.29 is 9.59 Å². The Bertz CT molecular complexity index is 660. The Morgan fingerprint density at radius 3 is 2.81 bits per heavy atom. The average Bonchev–Trinajstić information content (AvgIpc) is 2.86. The molecule has 1 heterocycles. The van der Waals surface area contributed by atoms with E-state index in [2.05, 4.69) is 10.3 Å². The van der Waals surface area contributed by atoms with Gasteiger partial charge in [0.1, 0.15) is 4.88 Å². The van der Waals surface area contributed by atoms with E-state index in [1.165, 1.54) is 28.6 Å². The summed E-state index contributed by atoms with van der Waals surface area (Å²) in [5.74, 6) is -0.0882. The fraction of sp³-hybridized carbons (Fsp3) is 0.154. The van der Waals surface area contributed by atoms with Crippen LogP contribution in [0.4, 0.5) is 5.69 Å². The molecular weight excluding hydrogens is 330 g/mol. The Kier molecular flexibility index (Phi) is 5.60. The smallest absolute Gasteiger partial charge is 0.268 e. The highest BCUT2D eigenvalue weighted by Gasteiger charge is 2.15. The number of nitrogens with one attached hydrogen (secondary N) is 1. The highest BCUT2D eigenvalue weighted by atomic mass is 35.5. The van der Waals surface area contributed by atoms with E-state index >= 15 is 0 Å². The molecule has 0 aliphatic heterocycles. The summed E-state index contributed by atoms with van der Waals surface area (Å²) in [5.41, 5.74) is 7.30. The molecule has 3 N–H and O–H groups in total. The minimum Gasteiger partial charge on any atom is -0.370 e. The number of para-hydroxylation sites is 1. The predicted molar refractivity (Wildman–Crippen MR) is 86.1 cm³/mol. The minimum atomic E-state index is -0.347. The molecule has 1 aromatic heterocycles. The van der Waals surface area contributed by atoms with Crippen molar-refractivity contribution in [2.45, 2.75) is 11.3 Å². The average molecular weight is 342 g/mol. The normalized spacial score (nSPS) is 10.3. The van der Waals surface area contributed by atoms with Gasteiger partial charge >= 0.3 is 0 Å². The molecule has 0 bridgehead atoms. The maximum absolute atomic E-state index is 12.1. The van der Waals surface area contributed by atoms with Gasteiger partial charge in [0.05, 0.1) is 11.2 Å². The summed E-state index contributed by atoms with van der Waals surface area (Å²) in [7, 11) is 0. The molecule has 8 heteroatoms. The van der Waals surface area contributed by atoms with Gasteiger partial charge in [-0.05, 0) is 12.1 Å². The van der Waals surface area contributed by atoms with Gasteiger partial charge in [-0.15, -0.1) is 23.1 Å². The molecule has 110 valence electrons. The van der Waals surface area contributed by atoms with E-state index in [-0.39, 0.29) is 23.4 Å². The first-order chi connectivity index (χ1) is 10.1. The number of primary amides is 1. The van der Waals surface area contributed by atoms with Crippen LogP contribution in [0, 0.1) is 0 Å². The number of halogens is 1. The molecule has 5 nitrogen and oxygen atoms in total. The fourth-order valence-electron chi connectivity index (χ4n) is 1.52. The first-order valence-corrected chi connectivity index (χ1v) is 8.22. The van der Waals surface area contributed by atoms with Gasteiger partial charge in [-0.1, -0.05) is 23.7 Å². The first kappa shape index (κ1) is 15.8. The van der Waals surface area contributed by atoms with E-state index in [0.29, 0.717) is 16.3 Å². The van der Waals surface area contributed by atoms with E-state index in [4.69, 9.17) is 17.3 Å². The van der Waals surface area contributed by atoms with Gasteiger partial charge in [0, 0.05) is 17.1 Å². The number of carbonyl (C=O) groups is 2. The van der Waals surface area contributed by atoms with Crippen LogP contribution in [-0.4, -0.2) is 22.6 Å². The Balaban J connectivity index is 2.07. The molecule has 0 saturated heterocycles. The lowest BCUT2D eigenvalue weighted by Gasteiger charge is -2.09. The second-order valence-electron chi connectivity index (χ2n) is 3.99. The second-order valence-corrected chi connectivity index (χ2v) is 6.34. The van der Waals surface area contributed by atoms with Gasteiger partial charge in [0.15, 0.2) is 5.15 Å². The number of rotatable bonds is 6. The Morgan fingerprint density at radius 2 is 2.14 bits per heavy atom. The number of hydrogen-bond donors (Lipinski definition) is 2. The van der Waals surface area contributed by atoms with Gasteiger partial charge in [-0.3, -0.25) is 9.59 Å². The van der Waals surface area contributed by atoms with Gasteiger partial charge in [0.2, 0.25) is 5.91 Å². The molecule has 0 aliphatic carbocycles. The number of amides is 2. The van der Waals surface area contributed by atoms with E-state index in [9.17, 15) is 9.59 Å².